The van der Waals surface area contributed by atoms with E-state index in [1.54, 1.807) is 0 Å². The van der Waals surface area contributed by atoms with Crippen LogP contribution in [0.15, 0.2) is 24.3 Å². The van der Waals surface area contributed by atoms with Crippen molar-refractivity contribution in [3.05, 3.63) is 29.3 Å². The Balaban J connectivity index is 2.38. The average Bonchev–Trinajstić information content (AvgIpc) is 2.26. The zero-order valence-electron chi connectivity index (χ0n) is 11.2. The first-order chi connectivity index (χ1) is 8.44. The Morgan fingerprint density at radius 2 is 2.17 bits per heavy atom. The van der Waals surface area contributed by atoms with Gasteiger partial charge in [0.25, 0.3) is 0 Å². The second kappa shape index (κ2) is 5.08. The van der Waals surface area contributed by atoms with Crippen molar-refractivity contribution >= 4 is 17.3 Å². The highest BCUT2D eigenvalue weighted by Crippen LogP contribution is 2.32. The molecule has 100 valence electrons. The summed E-state index contributed by atoms with van der Waals surface area (Å²) >= 11 is 6.08. The second-order valence-electron chi connectivity index (χ2n) is 5.70. The third-order valence-corrected chi connectivity index (χ3v) is 3.73. The Labute approximate surface area is 114 Å². The van der Waals surface area contributed by atoms with Gasteiger partial charge in [-0.15, -0.1) is 0 Å². The van der Waals surface area contributed by atoms with Crippen LogP contribution in [0.2, 0.25) is 5.02 Å². The summed E-state index contributed by atoms with van der Waals surface area (Å²) in [5.74, 6) is 0. The number of hydrogen-bond acceptors (Lipinski definition) is 3. The topological polar surface area (TPSA) is 26.7 Å². The average molecular weight is 269 g/mol. The molecule has 1 aliphatic heterocycles. The molecular formula is C14H21ClN2O. The maximum atomic E-state index is 9.64. The van der Waals surface area contributed by atoms with E-state index in [2.05, 4.69) is 36.8 Å². The van der Waals surface area contributed by atoms with Gasteiger partial charge in [-0.2, -0.15) is 0 Å². The van der Waals surface area contributed by atoms with E-state index in [0.717, 1.165) is 23.8 Å². The molecule has 1 N–H and O–H groups in total. The summed E-state index contributed by atoms with van der Waals surface area (Å²) in [5.41, 5.74) is 1.06. The normalized spacial score (nSPS) is 24.3. The number of nitrogens with zero attached hydrogens (tertiary/aromatic N) is 2. The van der Waals surface area contributed by atoms with E-state index in [1.165, 1.54) is 0 Å². The molecule has 0 aromatic heterocycles. The van der Waals surface area contributed by atoms with Gasteiger partial charge in [-0.3, -0.25) is 0 Å². The SMILES string of the molecule is CN1CC(CO)N(c2cccc(Cl)c2)C(C)(C)C1. The fraction of sp³-hybridized carbons (Fsp3) is 0.571. The minimum absolute atomic E-state index is 0.0227. The Kier molecular flexibility index (Phi) is 3.85. The first-order valence-corrected chi connectivity index (χ1v) is 6.66. The second-order valence-corrected chi connectivity index (χ2v) is 6.13. The van der Waals surface area contributed by atoms with E-state index in [4.69, 9.17) is 11.6 Å². The Morgan fingerprint density at radius 1 is 1.44 bits per heavy atom. The summed E-state index contributed by atoms with van der Waals surface area (Å²) in [6.45, 7) is 6.39. The molecule has 1 atom stereocenters. The third-order valence-electron chi connectivity index (χ3n) is 3.49. The van der Waals surface area contributed by atoms with Gasteiger partial charge in [0.15, 0.2) is 0 Å². The van der Waals surface area contributed by atoms with Crippen molar-refractivity contribution in [1.29, 1.82) is 0 Å². The van der Waals surface area contributed by atoms with Crippen LogP contribution in [0, 0.1) is 0 Å². The lowest BCUT2D eigenvalue weighted by atomic mass is 9.94. The summed E-state index contributed by atoms with van der Waals surface area (Å²) in [6, 6.07) is 7.97. The van der Waals surface area contributed by atoms with Gasteiger partial charge in [0.1, 0.15) is 0 Å². The summed E-state index contributed by atoms with van der Waals surface area (Å²) in [7, 11) is 2.10. The van der Waals surface area contributed by atoms with Crippen molar-refractivity contribution in [3.8, 4) is 0 Å². The van der Waals surface area contributed by atoms with Gasteiger partial charge < -0.3 is 14.9 Å². The van der Waals surface area contributed by atoms with Crippen LogP contribution in [0.4, 0.5) is 5.69 Å². The fourth-order valence-corrected chi connectivity index (χ4v) is 3.25. The van der Waals surface area contributed by atoms with Gasteiger partial charge in [-0.1, -0.05) is 17.7 Å². The van der Waals surface area contributed by atoms with Crippen LogP contribution in [0.25, 0.3) is 0 Å². The fourth-order valence-electron chi connectivity index (χ4n) is 3.06. The number of benzene rings is 1. The van der Waals surface area contributed by atoms with E-state index in [1.807, 2.05) is 18.2 Å². The predicted molar refractivity (Wildman–Crippen MR) is 76.4 cm³/mol. The molecule has 18 heavy (non-hydrogen) atoms. The smallest absolute Gasteiger partial charge is 0.0653 e. The van der Waals surface area contributed by atoms with E-state index in [-0.39, 0.29) is 18.2 Å². The summed E-state index contributed by atoms with van der Waals surface area (Å²) < 4.78 is 0. The predicted octanol–water partition coefficient (Wildman–Crippen LogP) is 2.23. The van der Waals surface area contributed by atoms with E-state index in [9.17, 15) is 5.11 Å². The van der Waals surface area contributed by atoms with E-state index in [0.29, 0.717) is 0 Å². The van der Waals surface area contributed by atoms with Gasteiger partial charge in [-0.25, -0.2) is 0 Å². The number of halogens is 1. The largest absolute Gasteiger partial charge is 0.394 e. The molecule has 1 aromatic carbocycles. The van der Waals surface area contributed by atoms with Crippen LogP contribution in [-0.2, 0) is 0 Å². The molecule has 1 saturated heterocycles. The number of likely N-dealkylation sites (N-methyl/N-ethyl adjacent to an activating group) is 1. The molecule has 0 bridgehead atoms. The Morgan fingerprint density at radius 3 is 2.78 bits per heavy atom. The Bertz CT molecular complexity index is 422. The minimum Gasteiger partial charge on any atom is -0.394 e. The van der Waals surface area contributed by atoms with Crippen molar-refractivity contribution in [2.24, 2.45) is 0 Å². The highest BCUT2D eigenvalue weighted by atomic mass is 35.5. The van der Waals surface area contributed by atoms with Crippen LogP contribution in [0.3, 0.4) is 0 Å². The van der Waals surface area contributed by atoms with Gasteiger partial charge >= 0.3 is 0 Å². The first-order valence-electron chi connectivity index (χ1n) is 6.28. The van der Waals surface area contributed by atoms with Gasteiger partial charge in [0, 0.05) is 29.3 Å². The van der Waals surface area contributed by atoms with Crippen LogP contribution < -0.4 is 4.90 Å². The molecular weight excluding hydrogens is 248 g/mol. The molecule has 0 radical (unpaired) electrons. The molecule has 2 rings (SSSR count). The zero-order valence-corrected chi connectivity index (χ0v) is 12.0. The van der Waals surface area contributed by atoms with Gasteiger partial charge in [0.2, 0.25) is 0 Å². The van der Waals surface area contributed by atoms with E-state index < -0.39 is 0 Å². The number of aliphatic hydroxyl groups excluding tert-OH is 1. The number of piperazine rings is 1. The molecule has 0 saturated carbocycles. The van der Waals surface area contributed by atoms with E-state index >= 15 is 0 Å². The molecule has 1 heterocycles. The lowest BCUT2D eigenvalue weighted by Crippen LogP contribution is -2.64. The lowest BCUT2D eigenvalue weighted by molar-refractivity contribution is 0.137. The van der Waals surface area contributed by atoms with Gasteiger partial charge in [-0.05, 0) is 39.1 Å². The molecule has 1 aromatic rings. The van der Waals surface area contributed by atoms with Crippen molar-refractivity contribution in [2.45, 2.75) is 25.4 Å². The number of hydrogen-bond donors (Lipinski definition) is 1. The monoisotopic (exact) mass is 268 g/mol. The molecule has 1 unspecified atom stereocenters. The van der Waals surface area contributed by atoms with Crippen molar-refractivity contribution < 1.29 is 5.11 Å². The molecule has 0 amide bonds. The highest BCUT2D eigenvalue weighted by molar-refractivity contribution is 6.30. The summed E-state index contributed by atoms with van der Waals surface area (Å²) in [4.78, 5) is 4.56. The third kappa shape index (κ3) is 2.63. The standard InChI is InChI=1S/C14H21ClN2O/c1-14(2)10-16(3)8-13(9-18)17(14)12-6-4-5-11(15)7-12/h4-7,13,18H,8-10H2,1-3H3. The Hall–Kier alpha value is -0.770. The number of aliphatic hydroxyl groups is 1. The number of rotatable bonds is 2. The van der Waals surface area contributed by atoms with Crippen LogP contribution in [-0.4, -0.2) is 48.3 Å². The summed E-state index contributed by atoms with van der Waals surface area (Å²) in [5, 5.41) is 10.4. The maximum Gasteiger partial charge on any atom is 0.0653 e. The minimum atomic E-state index is -0.0227. The van der Waals surface area contributed by atoms with Crippen LogP contribution in [0.1, 0.15) is 13.8 Å². The molecule has 3 nitrogen and oxygen atoms in total. The highest BCUT2D eigenvalue weighted by Gasteiger charge is 2.38. The molecule has 0 spiro atoms. The molecule has 0 aliphatic carbocycles. The molecule has 1 fully saturated rings. The maximum absolute atomic E-state index is 9.64. The van der Waals surface area contributed by atoms with Crippen LogP contribution in [0.5, 0.6) is 0 Å². The molecule has 1 aliphatic rings. The lowest BCUT2D eigenvalue weighted by Gasteiger charge is -2.52. The van der Waals surface area contributed by atoms with Crippen molar-refractivity contribution in [1.82, 2.24) is 4.90 Å². The van der Waals surface area contributed by atoms with Gasteiger partial charge in [0.05, 0.1) is 12.6 Å². The van der Waals surface area contributed by atoms with Crippen molar-refractivity contribution in [3.63, 3.8) is 0 Å². The quantitative estimate of drug-likeness (QED) is 0.891. The molecule has 4 heteroatoms. The summed E-state index contributed by atoms with van der Waals surface area (Å²) in [6.07, 6.45) is 0. The van der Waals surface area contributed by atoms with Crippen LogP contribution >= 0.6 is 11.6 Å². The first kappa shape index (κ1) is 13.7. The zero-order chi connectivity index (χ0) is 13.3. The van der Waals surface area contributed by atoms with Crippen molar-refractivity contribution in [2.75, 3.05) is 31.6 Å². The number of anilines is 1.